The number of hydrogen-bond acceptors (Lipinski definition) is 6. The minimum atomic E-state index is -4.57. The van der Waals surface area contributed by atoms with Gasteiger partial charge in [-0.2, -0.15) is 18.2 Å². The molecule has 38 heavy (non-hydrogen) atoms. The largest absolute Gasteiger partial charge is 0.468 e. The highest BCUT2D eigenvalue weighted by Gasteiger charge is 2.35. The fourth-order valence-corrected chi connectivity index (χ4v) is 4.30. The van der Waals surface area contributed by atoms with Gasteiger partial charge in [0.2, 0.25) is 5.82 Å². The second-order valence-corrected chi connectivity index (χ2v) is 9.16. The molecule has 1 aromatic heterocycles. The first-order valence-corrected chi connectivity index (χ1v) is 12.0. The molecule has 6 nitrogen and oxygen atoms in total. The molecule has 0 aliphatic carbocycles. The Hall–Kier alpha value is -3.98. The summed E-state index contributed by atoms with van der Waals surface area (Å²) in [6.07, 6.45) is -4.57. The van der Waals surface area contributed by atoms with E-state index in [0.29, 0.717) is 11.1 Å². The average molecular weight is 524 g/mol. The maximum atomic E-state index is 14.0. The van der Waals surface area contributed by atoms with E-state index in [4.69, 9.17) is 9.26 Å². The predicted octanol–water partition coefficient (Wildman–Crippen LogP) is 6.95. The van der Waals surface area contributed by atoms with Crippen molar-refractivity contribution in [1.82, 2.24) is 15.0 Å². The Kier molecular flexibility index (Phi) is 7.68. The molecule has 9 heteroatoms. The van der Waals surface area contributed by atoms with Crippen molar-refractivity contribution in [2.24, 2.45) is 0 Å². The lowest BCUT2D eigenvalue weighted by Gasteiger charge is -2.29. The number of nitrogens with zero attached hydrogens (tertiary/aromatic N) is 3. The Balaban J connectivity index is 1.60. The molecule has 0 aliphatic rings. The van der Waals surface area contributed by atoms with Gasteiger partial charge in [0.15, 0.2) is 0 Å². The van der Waals surface area contributed by atoms with Crippen LogP contribution in [0.4, 0.5) is 13.2 Å². The number of likely N-dealkylation sites (N-methyl/N-ethyl adjacent to an activating group) is 1. The summed E-state index contributed by atoms with van der Waals surface area (Å²) in [5.41, 5.74) is 2.36. The Morgan fingerprint density at radius 2 is 1.63 bits per heavy atom. The molecule has 1 heterocycles. The summed E-state index contributed by atoms with van der Waals surface area (Å²) in [6.45, 7) is 5.52. The van der Waals surface area contributed by atoms with Crippen molar-refractivity contribution in [2.75, 3.05) is 14.2 Å². The van der Waals surface area contributed by atoms with Crippen LogP contribution in [-0.2, 0) is 15.7 Å². The molecule has 198 valence electrons. The Morgan fingerprint density at radius 1 is 0.974 bits per heavy atom. The molecule has 0 fully saturated rings. The van der Waals surface area contributed by atoms with Crippen LogP contribution in [0.2, 0.25) is 0 Å². The van der Waals surface area contributed by atoms with Gasteiger partial charge in [0.1, 0.15) is 6.04 Å². The highest BCUT2D eigenvalue weighted by atomic mass is 19.4. The van der Waals surface area contributed by atoms with Crippen LogP contribution in [0.1, 0.15) is 36.6 Å². The van der Waals surface area contributed by atoms with Gasteiger partial charge in [-0.25, -0.2) is 0 Å². The number of benzene rings is 3. The summed E-state index contributed by atoms with van der Waals surface area (Å²) in [4.78, 5) is 18.1. The van der Waals surface area contributed by atoms with Crippen LogP contribution in [0.3, 0.4) is 0 Å². The average Bonchev–Trinajstić information content (AvgIpc) is 3.41. The molecule has 0 saturated carbocycles. The molecule has 0 amide bonds. The lowest BCUT2D eigenvalue weighted by Crippen LogP contribution is -2.38. The zero-order valence-electron chi connectivity index (χ0n) is 21.7. The van der Waals surface area contributed by atoms with Crippen molar-refractivity contribution in [3.8, 4) is 34.0 Å². The number of aryl methyl sites for hydroxylation is 1. The molecule has 3 aromatic carbocycles. The van der Waals surface area contributed by atoms with E-state index in [1.807, 2.05) is 31.0 Å². The number of rotatable bonds is 7. The third-order valence-electron chi connectivity index (χ3n) is 6.85. The summed E-state index contributed by atoms with van der Waals surface area (Å²) >= 11 is 0. The van der Waals surface area contributed by atoms with Crippen LogP contribution in [0, 0.1) is 6.92 Å². The zero-order valence-corrected chi connectivity index (χ0v) is 21.7. The number of carbonyl (C=O) groups is 1. The monoisotopic (exact) mass is 523 g/mol. The lowest BCUT2D eigenvalue weighted by molar-refractivity contribution is -0.146. The summed E-state index contributed by atoms with van der Waals surface area (Å²) in [7, 11) is 3.19. The van der Waals surface area contributed by atoms with E-state index in [0.717, 1.165) is 17.2 Å². The number of esters is 1. The van der Waals surface area contributed by atoms with Crippen molar-refractivity contribution in [3.63, 3.8) is 0 Å². The minimum absolute atomic E-state index is 0.00841. The number of hydrogen-bond donors (Lipinski definition) is 0. The second-order valence-electron chi connectivity index (χ2n) is 9.16. The molecular formula is C29H28F3N3O3. The Labute approximate surface area is 219 Å². The van der Waals surface area contributed by atoms with Crippen molar-refractivity contribution < 1.29 is 27.2 Å². The fraction of sp³-hybridized carbons (Fsp3) is 0.276. The first-order chi connectivity index (χ1) is 18.0. The predicted molar refractivity (Wildman–Crippen MR) is 138 cm³/mol. The van der Waals surface area contributed by atoms with Gasteiger partial charge >= 0.3 is 12.1 Å². The maximum absolute atomic E-state index is 14.0. The Bertz CT molecular complexity index is 1430. The molecule has 2 unspecified atom stereocenters. The first kappa shape index (κ1) is 27.1. The third-order valence-corrected chi connectivity index (χ3v) is 6.85. The van der Waals surface area contributed by atoms with Crippen LogP contribution < -0.4 is 0 Å². The zero-order chi connectivity index (χ0) is 27.6. The highest BCUT2D eigenvalue weighted by Crippen LogP contribution is 2.40. The number of aromatic nitrogens is 2. The normalized spacial score (nSPS) is 13.4. The number of halogens is 3. The quantitative estimate of drug-likeness (QED) is 0.244. The van der Waals surface area contributed by atoms with E-state index in [1.165, 1.54) is 13.2 Å². The van der Waals surface area contributed by atoms with E-state index < -0.39 is 17.8 Å². The SMILES string of the molecule is COC(=O)C(C)N(C)C(C)c1ccc(-c2noc(-c3ccc(-c4ccccc4C)c(C(F)(F)F)c3)n2)cc1. The number of alkyl halides is 3. The molecule has 4 aromatic rings. The van der Waals surface area contributed by atoms with Crippen molar-refractivity contribution in [3.05, 3.63) is 83.4 Å². The summed E-state index contributed by atoms with van der Waals surface area (Å²) in [5, 5.41) is 3.98. The van der Waals surface area contributed by atoms with Gasteiger partial charge < -0.3 is 9.26 Å². The van der Waals surface area contributed by atoms with Gasteiger partial charge in [0.25, 0.3) is 5.89 Å². The smallest absolute Gasteiger partial charge is 0.417 e. The van der Waals surface area contributed by atoms with Crippen molar-refractivity contribution in [1.29, 1.82) is 0 Å². The third kappa shape index (κ3) is 5.47. The molecule has 0 N–H and O–H groups in total. The second kappa shape index (κ2) is 10.8. The van der Waals surface area contributed by atoms with E-state index >= 15 is 0 Å². The first-order valence-electron chi connectivity index (χ1n) is 12.0. The topological polar surface area (TPSA) is 68.5 Å². The standard InChI is InChI=1S/C29H28F3N3O3/c1-17-8-6-7-9-23(17)24-15-14-22(16-25(24)29(30,31)32)27-33-26(34-38-27)21-12-10-20(11-13-21)18(2)35(4)19(3)28(36)37-5/h6-16,18-19H,1-5H3. The number of methoxy groups -OCH3 is 1. The number of carbonyl (C=O) groups excluding carboxylic acids is 1. The van der Waals surface area contributed by atoms with E-state index in [2.05, 4.69) is 10.1 Å². The molecule has 0 saturated heterocycles. The summed E-state index contributed by atoms with van der Waals surface area (Å²) < 4.78 is 52.2. The molecule has 0 spiro atoms. The summed E-state index contributed by atoms with van der Waals surface area (Å²) in [6, 6.07) is 17.9. The van der Waals surface area contributed by atoms with E-state index in [-0.39, 0.29) is 34.9 Å². The Morgan fingerprint density at radius 3 is 2.26 bits per heavy atom. The summed E-state index contributed by atoms with van der Waals surface area (Å²) in [5.74, 6) is -0.0751. The maximum Gasteiger partial charge on any atom is 0.417 e. The lowest BCUT2D eigenvalue weighted by atomic mass is 9.94. The fourth-order valence-electron chi connectivity index (χ4n) is 4.30. The van der Waals surface area contributed by atoms with E-state index in [1.54, 1.807) is 56.3 Å². The van der Waals surface area contributed by atoms with Crippen LogP contribution in [0.25, 0.3) is 34.0 Å². The molecule has 0 radical (unpaired) electrons. The molecule has 0 bridgehead atoms. The van der Waals surface area contributed by atoms with Crippen molar-refractivity contribution in [2.45, 2.75) is 39.0 Å². The van der Waals surface area contributed by atoms with Gasteiger partial charge in [-0.15, -0.1) is 0 Å². The van der Waals surface area contributed by atoms with E-state index in [9.17, 15) is 18.0 Å². The van der Waals surface area contributed by atoms with Gasteiger partial charge in [-0.3, -0.25) is 9.69 Å². The molecule has 4 rings (SSSR count). The van der Waals surface area contributed by atoms with Gasteiger partial charge in [-0.1, -0.05) is 59.8 Å². The van der Waals surface area contributed by atoms with Gasteiger partial charge in [0, 0.05) is 17.2 Å². The van der Waals surface area contributed by atoms with Crippen LogP contribution in [0.5, 0.6) is 0 Å². The molecule has 2 atom stereocenters. The molecular weight excluding hydrogens is 495 g/mol. The van der Waals surface area contributed by atoms with Crippen molar-refractivity contribution >= 4 is 5.97 Å². The minimum Gasteiger partial charge on any atom is -0.468 e. The highest BCUT2D eigenvalue weighted by molar-refractivity contribution is 5.75. The number of ether oxygens (including phenoxy) is 1. The van der Waals surface area contributed by atoms with Crippen LogP contribution in [0.15, 0.2) is 71.3 Å². The van der Waals surface area contributed by atoms with Crippen LogP contribution in [-0.4, -0.2) is 41.2 Å². The molecule has 0 aliphatic heterocycles. The van der Waals surface area contributed by atoms with Gasteiger partial charge in [0.05, 0.1) is 12.7 Å². The van der Waals surface area contributed by atoms with Gasteiger partial charge in [-0.05, 0) is 62.2 Å². The van der Waals surface area contributed by atoms with Crippen LogP contribution >= 0.6 is 0 Å².